The van der Waals surface area contributed by atoms with E-state index in [9.17, 15) is 9.90 Å². The van der Waals surface area contributed by atoms with Crippen LogP contribution < -0.4 is 5.32 Å². The second-order valence-corrected chi connectivity index (χ2v) is 5.10. The normalized spacial score (nSPS) is 12.2. The van der Waals surface area contributed by atoms with Gasteiger partial charge in [-0.1, -0.05) is 23.7 Å². The quantitative estimate of drug-likeness (QED) is 0.886. The Labute approximate surface area is 123 Å². The zero-order chi connectivity index (χ0) is 14.5. The van der Waals surface area contributed by atoms with Crippen LogP contribution in [0.2, 0.25) is 5.02 Å². The number of hydrogen-bond donors (Lipinski definition) is 2. The Morgan fingerprint density at radius 2 is 2.05 bits per heavy atom. The number of carbonyl (C=O) groups is 1. The Morgan fingerprint density at radius 3 is 2.65 bits per heavy atom. The van der Waals surface area contributed by atoms with Crippen molar-refractivity contribution < 1.29 is 9.90 Å². The van der Waals surface area contributed by atoms with Crippen molar-refractivity contribution in [3.63, 3.8) is 0 Å². The highest BCUT2D eigenvalue weighted by atomic mass is 35.5. The SMILES string of the molecule is Cn1cccc1C(O)CNC(=O)Cc1ccc(Cl)cc1. The third-order valence-electron chi connectivity index (χ3n) is 3.10. The molecule has 1 aromatic heterocycles. The molecule has 106 valence electrons. The van der Waals surface area contributed by atoms with E-state index in [2.05, 4.69) is 5.32 Å². The number of aliphatic hydroxyl groups excluding tert-OH is 1. The molecule has 2 N–H and O–H groups in total. The van der Waals surface area contributed by atoms with Gasteiger partial charge in [0.1, 0.15) is 6.10 Å². The van der Waals surface area contributed by atoms with Crippen LogP contribution in [0.4, 0.5) is 0 Å². The molecule has 2 aromatic rings. The van der Waals surface area contributed by atoms with Crippen molar-refractivity contribution in [3.05, 3.63) is 58.9 Å². The van der Waals surface area contributed by atoms with Gasteiger partial charge in [0.15, 0.2) is 0 Å². The molecule has 0 fully saturated rings. The lowest BCUT2D eigenvalue weighted by atomic mass is 10.1. The van der Waals surface area contributed by atoms with Crippen molar-refractivity contribution in [1.29, 1.82) is 0 Å². The first-order chi connectivity index (χ1) is 9.56. The fourth-order valence-corrected chi connectivity index (χ4v) is 2.11. The van der Waals surface area contributed by atoms with Crippen molar-refractivity contribution in [2.75, 3.05) is 6.54 Å². The lowest BCUT2D eigenvalue weighted by Crippen LogP contribution is -2.30. The molecular formula is C15H17ClN2O2. The molecule has 0 aliphatic heterocycles. The molecule has 1 atom stereocenters. The number of nitrogens with one attached hydrogen (secondary N) is 1. The molecule has 0 radical (unpaired) electrons. The average Bonchev–Trinajstić information content (AvgIpc) is 2.85. The predicted molar refractivity (Wildman–Crippen MR) is 78.5 cm³/mol. The molecule has 1 heterocycles. The largest absolute Gasteiger partial charge is 0.385 e. The number of halogens is 1. The summed E-state index contributed by atoms with van der Waals surface area (Å²) in [5.41, 5.74) is 1.66. The number of hydrogen-bond acceptors (Lipinski definition) is 2. The maximum Gasteiger partial charge on any atom is 0.224 e. The third kappa shape index (κ3) is 3.85. The van der Waals surface area contributed by atoms with Gasteiger partial charge in [-0.15, -0.1) is 0 Å². The lowest BCUT2D eigenvalue weighted by molar-refractivity contribution is -0.120. The molecule has 0 bridgehead atoms. The van der Waals surface area contributed by atoms with Gasteiger partial charge in [-0.3, -0.25) is 4.79 Å². The Bertz CT molecular complexity index is 578. The molecule has 1 aromatic carbocycles. The van der Waals surface area contributed by atoms with E-state index in [1.165, 1.54) is 0 Å². The first-order valence-corrected chi connectivity index (χ1v) is 6.74. The molecular weight excluding hydrogens is 276 g/mol. The predicted octanol–water partition coefficient (Wildman–Crippen LogP) is 2.07. The van der Waals surface area contributed by atoms with E-state index in [1.807, 2.05) is 42.1 Å². The highest BCUT2D eigenvalue weighted by Crippen LogP contribution is 2.12. The molecule has 0 spiro atoms. The second kappa shape index (κ2) is 6.59. The Balaban J connectivity index is 1.83. The second-order valence-electron chi connectivity index (χ2n) is 4.67. The molecule has 1 unspecified atom stereocenters. The summed E-state index contributed by atoms with van der Waals surface area (Å²) >= 11 is 5.79. The molecule has 5 heteroatoms. The van der Waals surface area contributed by atoms with E-state index >= 15 is 0 Å². The number of amides is 1. The average molecular weight is 293 g/mol. The molecule has 0 saturated heterocycles. The molecule has 0 aliphatic rings. The monoisotopic (exact) mass is 292 g/mol. The fourth-order valence-electron chi connectivity index (χ4n) is 1.99. The summed E-state index contributed by atoms with van der Waals surface area (Å²) in [4.78, 5) is 11.8. The summed E-state index contributed by atoms with van der Waals surface area (Å²) in [6.07, 6.45) is 1.43. The zero-order valence-corrected chi connectivity index (χ0v) is 12.0. The first kappa shape index (κ1) is 14.6. The lowest BCUT2D eigenvalue weighted by Gasteiger charge is -2.13. The number of nitrogens with zero attached hydrogens (tertiary/aromatic N) is 1. The van der Waals surface area contributed by atoms with E-state index in [-0.39, 0.29) is 18.9 Å². The van der Waals surface area contributed by atoms with Gasteiger partial charge in [0.25, 0.3) is 0 Å². The number of benzene rings is 1. The van der Waals surface area contributed by atoms with Crippen molar-refractivity contribution in [3.8, 4) is 0 Å². The van der Waals surface area contributed by atoms with Crippen molar-refractivity contribution in [2.24, 2.45) is 7.05 Å². The highest BCUT2D eigenvalue weighted by molar-refractivity contribution is 6.30. The standard InChI is InChI=1S/C15H17ClN2O2/c1-18-8-2-3-13(18)14(19)10-17-15(20)9-11-4-6-12(16)7-5-11/h2-8,14,19H,9-10H2,1H3,(H,17,20). The maximum absolute atomic E-state index is 11.8. The summed E-state index contributed by atoms with van der Waals surface area (Å²) in [5, 5.41) is 13.4. The van der Waals surface area contributed by atoms with Crippen LogP contribution in [0.1, 0.15) is 17.4 Å². The summed E-state index contributed by atoms with van der Waals surface area (Å²) in [5.74, 6) is -0.124. The Morgan fingerprint density at radius 1 is 1.35 bits per heavy atom. The summed E-state index contributed by atoms with van der Waals surface area (Å²) in [6, 6.07) is 10.8. The van der Waals surface area contributed by atoms with Gasteiger partial charge in [-0.05, 0) is 29.8 Å². The van der Waals surface area contributed by atoms with Gasteiger partial charge in [0.2, 0.25) is 5.91 Å². The smallest absolute Gasteiger partial charge is 0.224 e. The van der Waals surface area contributed by atoms with Gasteiger partial charge < -0.3 is 15.0 Å². The van der Waals surface area contributed by atoms with Crippen LogP contribution in [0.15, 0.2) is 42.6 Å². The van der Waals surface area contributed by atoms with Gasteiger partial charge >= 0.3 is 0 Å². The van der Waals surface area contributed by atoms with Crippen LogP contribution in [0.5, 0.6) is 0 Å². The van der Waals surface area contributed by atoms with E-state index in [4.69, 9.17) is 11.6 Å². The fraction of sp³-hybridized carbons (Fsp3) is 0.267. The molecule has 0 aliphatic carbocycles. The van der Waals surface area contributed by atoms with Crippen LogP contribution in [-0.2, 0) is 18.3 Å². The number of aryl methyl sites for hydroxylation is 1. The van der Waals surface area contributed by atoms with Gasteiger partial charge in [-0.25, -0.2) is 0 Å². The Hall–Kier alpha value is -1.78. The zero-order valence-electron chi connectivity index (χ0n) is 11.2. The molecule has 0 saturated carbocycles. The molecule has 20 heavy (non-hydrogen) atoms. The van der Waals surface area contributed by atoms with Gasteiger partial charge in [0.05, 0.1) is 6.42 Å². The molecule has 1 amide bonds. The molecule has 2 rings (SSSR count). The number of rotatable bonds is 5. The highest BCUT2D eigenvalue weighted by Gasteiger charge is 2.12. The van der Waals surface area contributed by atoms with Crippen LogP contribution in [0.3, 0.4) is 0 Å². The Kier molecular flexibility index (Phi) is 4.82. The van der Waals surface area contributed by atoms with Crippen LogP contribution in [0.25, 0.3) is 0 Å². The van der Waals surface area contributed by atoms with Crippen molar-refractivity contribution >= 4 is 17.5 Å². The molecule has 4 nitrogen and oxygen atoms in total. The number of aliphatic hydroxyl groups is 1. The van der Waals surface area contributed by atoms with E-state index < -0.39 is 6.10 Å². The van der Waals surface area contributed by atoms with Crippen molar-refractivity contribution in [1.82, 2.24) is 9.88 Å². The van der Waals surface area contributed by atoms with E-state index in [0.717, 1.165) is 11.3 Å². The van der Waals surface area contributed by atoms with Gasteiger partial charge in [0, 0.05) is 30.5 Å². The van der Waals surface area contributed by atoms with Crippen LogP contribution in [-0.4, -0.2) is 22.1 Å². The van der Waals surface area contributed by atoms with Crippen LogP contribution >= 0.6 is 11.6 Å². The summed E-state index contributed by atoms with van der Waals surface area (Å²) in [7, 11) is 1.86. The summed E-state index contributed by atoms with van der Waals surface area (Å²) in [6.45, 7) is 0.199. The van der Waals surface area contributed by atoms with Crippen molar-refractivity contribution in [2.45, 2.75) is 12.5 Å². The maximum atomic E-state index is 11.8. The third-order valence-corrected chi connectivity index (χ3v) is 3.35. The van der Waals surface area contributed by atoms with Gasteiger partial charge in [-0.2, -0.15) is 0 Å². The van der Waals surface area contributed by atoms with Crippen LogP contribution in [0, 0.1) is 0 Å². The van der Waals surface area contributed by atoms with E-state index in [0.29, 0.717) is 5.02 Å². The summed E-state index contributed by atoms with van der Waals surface area (Å²) < 4.78 is 1.83. The number of carbonyl (C=O) groups excluding carboxylic acids is 1. The first-order valence-electron chi connectivity index (χ1n) is 6.36. The topological polar surface area (TPSA) is 54.3 Å². The number of aromatic nitrogens is 1. The minimum Gasteiger partial charge on any atom is -0.385 e. The minimum atomic E-state index is -0.704. The van der Waals surface area contributed by atoms with E-state index in [1.54, 1.807) is 12.1 Å². The minimum absolute atomic E-state index is 0.124.